The van der Waals surface area contributed by atoms with Crippen molar-refractivity contribution in [1.29, 1.82) is 0 Å². The van der Waals surface area contributed by atoms with E-state index in [0.29, 0.717) is 5.92 Å². The Morgan fingerprint density at radius 3 is 2.27 bits per heavy atom. The molecule has 1 nitrogen and oxygen atoms in total. The summed E-state index contributed by atoms with van der Waals surface area (Å²) in [6.45, 7) is 11.2. The predicted molar refractivity (Wildman–Crippen MR) is 51.4 cm³/mol. The fourth-order valence-electron chi connectivity index (χ4n) is 0.991. The van der Waals surface area contributed by atoms with E-state index in [2.05, 4.69) is 27.4 Å². The van der Waals surface area contributed by atoms with Crippen LogP contribution < -0.4 is 5.73 Å². The molecule has 0 bridgehead atoms. The van der Waals surface area contributed by atoms with E-state index < -0.39 is 0 Å². The third kappa shape index (κ3) is 5.02. The van der Waals surface area contributed by atoms with E-state index in [1.165, 1.54) is 12.0 Å². The molecule has 66 valence electrons. The first kappa shape index (κ1) is 10.7. The summed E-state index contributed by atoms with van der Waals surface area (Å²) in [6.07, 6.45) is 2.37. The van der Waals surface area contributed by atoms with Crippen LogP contribution in [0, 0.1) is 11.8 Å². The third-order valence-electron chi connectivity index (χ3n) is 2.37. The molecule has 0 saturated heterocycles. The van der Waals surface area contributed by atoms with E-state index in [4.69, 9.17) is 5.73 Å². The third-order valence-corrected chi connectivity index (χ3v) is 2.37. The average Bonchev–Trinajstić information content (AvgIpc) is 1.98. The largest absolute Gasteiger partial charge is 0.330 e. The maximum Gasteiger partial charge on any atom is -0.00490 e. The fraction of sp³-hybridized carbons (Fsp3) is 0.800. The summed E-state index contributed by atoms with van der Waals surface area (Å²) < 4.78 is 0. The lowest BCUT2D eigenvalue weighted by Gasteiger charge is -2.17. The molecule has 0 aliphatic heterocycles. The summed E-state index contributed by atoms with van der Waals surface area (Å²) in [7, 11) is 0. The highest BCUT2D eigenvalue weighted by Crippen LogP contribution is 2.17. The van der Waals surface area contributed by atoms with Crippen LogP contribution in [-0.2, 0) is 0 Å². The minimum absolute atomic E-state index is 0.648. The SMILES string of the molecule is C=C(C)CCC(C)C(C)CN. The molecule has 0 aliphatic carbocycles. The lowest BCUT2D eigenvalue weighted by atomic mass is 9.90. The molecule has 1 heteroatoms. The monoisotopic (exact) mass is 155 g/mol. The zero-order valence-corrected chi connectivity index (χ0v) is 8.06. The average molecular weight is 155 g/mol. The Labute approximate surface area is 70.7 Å². The molecule has 0 aliphatic rings. The minimum Gasteiger partial charge on any atom is -0.330 e. The summed E-state index contributed by atoms with van der Waals surface area (Å²) in [5, 5.41) is 0. The summed E-state index contributed by atoms with van der Waals surface area (Å²) in [4.78, 5) is 0. The van der Waals surface area contributed by atoms with Gasteiger partial charge in [-0.25, -0.2) is 0 Å². The van der Waals surface area contributed by atoms with E-state index >= 15 is 0 Å². The molecular weight excluding hydrogens is 134 g/mol. The molecular formula is C10H21N. The molecule has 2 unspecified atom stereocenters. The van der Waals surface area contributed by atoms with Crippen molar-refractivity contribution >= 4 is 0 Å². The first-order valence-electron chi connectivity index (χ1n) is 4.42. The molecule has 0 amide bonds. The summed E-state index contributed by atoms with van der Waals surface area (Å²) >= 11 is 0. The Kier molecular flexibility index (Phi) is 5.22. The van der Waals surface area contributed by atoms with Crippen LogP contribution in [0.5, 0.6) is 0 Å². The van der Waals surface area contributed by atoms with E-state index in [9.17, 15) is 0 Å². The number of hydrogen-bond donors (Lipinski definition) is 1. The Morgan fingerprint density at radius 1 is 1.36 bits per heavy atom. The number of hydrogen-bond acceptors (Lipinski definition) is 1. The van der Waals surface area contributed by atoms with Crippen molar-refractivity contribution in [2.75, 3.05) is 6.54 Å². The molecule has 0 heterocycles. The molecule has 0 spiro atoms. The van der Waals surface area contributed by atoms with Crippen molar-refractivity contribution in [3.8, 4) is 0 Å². The van der Waals surface area contributed by atoms with Gasteiger partial charge < -0.3 is 5.73 Å². The highest BCUT2D eigenvalue weighted by molar-refractivity contribution is 4.88. The second-order valence-electron chi connectivity index (χ2n) is 3.69. The van der Waals surface area contributed by atoms with Gasteiger partial charge in [-0.2, -0.15) is 0 Å². The molecule has 2 atom stereocenters. The van der Waals surface area contributed by atoms with Gasteiger partial charge in [-0.3, -0.25) is 0 Å². The molecule has 0 aromatic heterocycles. The van der Waals surface area contributed by atoms with E-state index in [-0.39, 0.29) is 0 Å². The van der Waals surface area contributed by atoms with Crippen molar-refractivity contribution in [2.45, 2.75) is 33.6 Å². The van der Waals surface area contributed by atoms with Gasteiger partial charge in [0.25, 0.3) is 0 Å². The van der Waals surface area contributed by atoms with E-state index in [0.717, 1.165) is 18.9 Å². The minimum atomic E-state index is 0.648. The number of allylic oxidation sites excluding steroid dienone is 1. The van der Waals surface area contributed by atoms with E-state index in [1.54, 1.807) is 0 Å². The first-order valence-corrected chi connectivity index (χ1v) is 4.42. The van der Waals surface area contributed by atoms with Crippen LogP contribution >= 0.6 is 0 Å². The van der Waals surface area contributed by atoms with Gasteiger partial charge in [0.2, 0.25) is 0 Å². The smallest absolute Gasteiger partial charge is 0.00490 e. The van der Waals surface area contributed by atoms with Gasteiger partial charge in [0.15, 0.2) is 0 Å². The molecule has 11 heavy (non-hydrogen) atoms. The van der Waals surface area contributed by atoms with Crippen LogP contribution in [0.4, 0.5) is 0 Å². The molecule has 2 N–H and O–H groups in total. The summed E-state index contributed by atoms with van der Waals surface area (Å²) in [5.41, 5.74) is 6.84. The molecule has 0 radical (unpaired) electrons. The highest BCUT2D eigenvalue weighted by Gasteiger charge is 2.09. The summed E-state index contributed by atoms with van der Waals surface area (Å²) in [6, 6.07) is 0. The van der Waals surface area contributed by atoms with Crippen LogP contribution in [0.2, 0.25) is 0 Å². The van der Waals surface area contributed by atoms with Crippen LogP contribution in [0.1, 0.15) is 33.6 Å². The predicted octanol–water partition coefficient (Wildman–Crippen LogP) is 2.57. The lowest BCUT2D eigenvalue weighted by molar-refractivity contribution is 0.372. The molecule has 0 aromatic rings. The van der Waals surface area contributed by atoms with Crippen molar-refractivity contribution in [1.82, 2.24) is 0 Å². The molecule has 0 fully saturated rings. The molecule has 0 saturated carbocycles. The van der Waals surface area contributed by atoms with Crippen LogP contribution in [0.15, 0.2) is 12.2 Å². The fourth-order valence-corrected chi connectivity index (χ4v) is 0.991. The van der Waals surface area contributed by atoms with Gasteiger partial charge in [0.05, 0.1) is 0 Å². The zero-order chi connectivity index (χ0) is 8.85. The van der Waals surface area contributed by atoms with Gasteiger partial charge in [0.1, 0.15) is 0 Å². The van der Waals surface area contributed by atoms with Crippen molar-refractivity contribution in [3.05, 3.63) is 12.2 Å². The first-order chi connectivity index (χ1) is 5.07. The Balaban J connectivity index is 3.51. The Bertz CT molecular complexity index is 118. The Hall–Kier alpha value is -0.300. The van der Waals surface area contributed by atoms with Gasteiger partial charge in [0, 0.05) is 0 Å². The summed E-state index contributed by atoms with van der Waals surface area (Å²) in [5.74, 6) is 1.38. The van der Waals surface area contributed by atoms with Crippen LogP contribution in [0.25, 0.3) is 0 Å². The number of rotatable bonds is 5. The normalized spacial score (nSPS) is 16.0. The zero-order valence-electron chi connectivity index (χ0n) is 8.06. The topological polar surface area (TPSA) is 26.0 Å². The van der Waals surface area contributed by atoms with Gasteiger partial charge in [-0.15, -0.1) is 6.58 Å². The highest BCUT2D eigenvalue weighted by atomic mass is 14.5. The second kappa shape index (κ2) is 5.36. The molecule has 0 aromatic carbocycles. The maximum absolute atomic E-state index is 5.56. The number of nitrogens with two attached hydrogens (primary N) is 1. The second-order valence-corrected chi connectivity index (χ2v) is 3.69. The molecule has 0 rings (SSSR count). The van der Waals surface area contributed by atoms with Crippen molar-refractivity contribution in [3.63, 3.8) is 0 Å². The van der Waals surface area contributed by atoms with Crippen LogP contribution in [-0.4, -0.2) is 6.54 Å². The van der Waals surface area contributed by atoms with Crippen LogP contribution in [0.3, 0.4) is 0 Å². The van der Waals surface area contributed by atoms with Gasteiger partial charge in [-0.1, -0.05) is 19.4 Å². The Morgan fingerprint density at radius 2 is 1.91 bits per heavy atom. The van der Waals surface area contributed by atoms with E-state index in [1.807, 2.05) is 0 Å². The lowest BCUT2D eigenvalue weighted by Crippen LogP contribution is -2.18. The van der Waals surface area contributed by atoms with Crippen molar-refractivity contribution in [2.24, 2.45) is 17.6 Å². The maximum atomic E-state index is 5.56. The van der Waals surface area contributed by atoms with Gasteiger partial charge in [-0.05, 0) is 38.1 Å². The van der Waals surface area contributed by atoms with Gasteiger partial charge >= 0.3 is 0 Å². The standard InChI is InChI=1S/C10H21N/c1-8(2)5-6-9(3)10(4)7-11/h9-10H,1,5-7,11H2,2-4H3. The quantitative estimate of drug-likeness (QED) is 0.607. The van der Waals surface area contributed by atoms with Crippen molar-refractivity contribution < 1.29 is 0 Å².